The quantitative estimate of drug-likeness (QED) is 0.0387. The molecule has 1 N–H and O–H groups in total. The number of pyridine rings is 2. The standard InChI is InChI=1S/C28H22BrFN4O5S.C22H10BrF6NO5S.C12H13N3O/c1-38-20-7-4-18(5-8-20)17-33(28-31-12-3-13-32-28)40(36,37)21-9-10-24-19(14-21)6-11-27(35)34(24)25-16-23(30)22(29)15-26(25)39-2;1-34-15-7-11(23)12(24)8-14(15)30-13-4-3-10(6-9(13)2-5-16(30)31)36(32,33)35-22-20(28)18(26)17(25)19(27)21(22)29;1-16-11-5-3-10(4-6-11)9-15-12-13-7-2-8-14-12/h3-16H,17H2,1-2H3;2-8H,1H3;2-8H,9H2,1H3,(H,13,14,15). The van der Waals surface area contributed by atoms with E-state index in [2.05, 4.69) is 61.3 Å². The van der Waals surface area contributed by atoms with Gasteiger partial charge in [-0.3, -0.25) is 18.7 Å². The normalized spacial score (nSPS) is 11.2. The number of anilines is 2. The topological polar surface area (TPSA) is 225 Å². The molecule has 0 aliphatic heterocycles. The van der Waals surface area contributed by atoms with Gasteiger partial charge in [0.2, 0.25) is 46.7 Å². The Balaban J connectivity index is 0.000000177. The van der Waals surface area contributed by atoms with Crippen molar-refractivity contribution in [3.8, 4) is 40.1 Å². The molecule has 0 saturated carbocycles. The summed E-state index contributed by atoms with van der Waals surface area (Å²) in [5, 5.41) is 3.63. The van der Waals surface area contributed by atoms with Gasteiger partial charge in [-0.15, -0.1) is 0 Å². The minimum absolute atomic E-state index is 0.00143. The summed E-state index contributed by atoms with van der Waals surface area (Å²) in [6, 6.07) is 35.4. The van der Waals surface area contributed by atoms with Crippen molar-refractivity contribution in [2.75, 3.05) is 38.1 Å². The van der Waals surface area contributed by atoms with Crippen molar-refractivity contribution in [2.45, 2.75) is 22.9 Å². The molecule has 0 aliphatic rings. The van der Waals surface area contributed by atoms with Crippen molar-refractivity contribution < 1.29 is 70.7 Å². The minimum Gasteiger partial charge on any atom is -0.497 e. The SMILES string of the molecule is COc1cc(Br)c(F)cc1-n1c(=O)ccc2cc(S(=O)(=O)Oc3c(F)c(F)c(F)c(F)c3F)ccc21.COc1ccc(CN(c2ncccn2)S(=O)(=O)c2ccc3c(ccc(=O)n3-c3cc(F)c(Br)cc3OC)c2)cc1.COc1ccc(CNc2ncccn2)cc1. The highest BCUT2D eigenvalue weighted by molar-refractivity contribution is 9.10. The smallest absolute Gasteiger partial charge is 0.339 e. The predicted octanol–water partition coefficient (Wildman–Crippen LogP) is 12.6. The van der Waals surface area contributed by atoms with Crippen LogP contribution in [0.15, 0.2) is 199 Å². The van der Waals surface area contributed by atoms with E-state index in [1.165, 1.54) is 85.8 Å². The van der Waals surface area contributed by atoms with E-state index in [0.29, 0.717) is 34.7 Å². The summed E-state index contributed by atoms with van der Waals surface area (Å²) in [5.74, 6) is -13.1. The van der Waals surface area contributed by atoms with Crippen LogP contribution in [0.4, 0.5) is 42.6 Å². The Kier molecular flexibility index (Phi) is 20.6. The van der Waals surface area contributed by atoms with Gasteiger partial charge in [0, 0.05) is 66.4 Å². The van der Waals surface area contributed by atoms with Gasteiger partial charge in [-0.05, 0) is 140 Å². The molecule has 0 bridgehead atoms. The minimum atomic E-state index is -5.12. The fraction of sp³-hybridized carbons (Fsp3) is 0.0968. The number of hydrogen-bond acceptors (Lipinski definition) is 16. The van der Waals surface area contributed by atoms with Crippen molar-refractivity contribution in [1.82, 2.24) is 29.1 Å². The van der Waals surface area contributed by atoms with Gasteiger partial charge in [-0.1, -0.05) is 24.3 Å². The molecule has 4 heterocycles. The fourth-order valence-corrected chi connectivity index (χ4v) is 11.8. The second kappa shape index (κ2) is 28.5. The number of sulfonamides is 1. The fourth-order valence-electron chi connectivity index (χ4n) is 8.81. The van der Waals surface area contributed by atoms with Crippen LogP contribution in [-0.2, 0) is 33.2 Å². The van der Waals surface area contributed by atoms with Gasteiger partial charge in [-0.2, -0.15) is 17.2 Å². The van der Waals surface area contributed by atoms with E-state index in [1.807, 2.05) is 24.3 Å². The number of rotatable bonds is 17. The third-order valence-corrected chi connectivity index (χ3v) is 17.5. The first kappa shape index (κ1) is 66.5. The second-order valence-electron chi connectivity index (χ2n) is 19.0. The van der Waals surface area contributed by atoms with Gasteiger partial charge in [-0.25, -0.2) is 54.6 Å². The van der Waals surface area contributed by atoms with Crippen LogP contribution in [0.2, 0.25) is 0 Å². The van der Waals surface area contributed by atoms with Crippen LogP contribution < -0.4 is 43.9 Å². The zero-order valence-corrected chi connectivity index (χ0v) is 52.7. The molecular weight excluding hydrogens is 1390 g/mol. The summed E-state index contributed by atoms with van der Waals surface area (Å²) in [5.41, 5.74) is 1.35. The highest BCUT2D eigenvalue weighted by atomic mass is 79.9. The summed E-state index contributed by atoms with van der Waals surface area (Å²) < 4.78 is 179. The van der Waals surface area contributed by atoms with Crippen LogP contribution in [0.25, 0.3) is 33.2 Å². The molecule has 0 spiro atoms. The van der Waals surface area contributed by atoms with Crippen molar-refractivity contribution in [3.63, 3.8) is 0 Å². The molecule has 19 nitrogen and oxygen atoms in total. The number of ether oxygens (including phenoxy) is 4. The van der Waals surface area contributed by atoms with Crippen molar-refractivity contribution in [2.24, 2.45) is 0 Å². The molecule has 30 heteroatoms. The molecule has 474 valence electrons. The number of aromatic nitrogens is 6. The lowest BCUT2D eigenvalue weighted by molar-refractivity contribution is 0.346. The van der Waals surface area contributed by atoms with Crippen LogP contribution in [0.3, 0.4) is 0 Å². The monoisotopic (exact) mass is 1430 g/mol. The van der Waals surface area contributed by atoms with Gasteiger partial charge in [0.15, 0.2) is 0 Å². The lowest BCUT2D eigenvalue weighted by Crippen LogP contribution is -2.32. The summed E-state index contributed by atoms with van der Waals surface area (Å²) >= 11 is 6.13. The van der Waals surface area contributed by atoms with Crippen LogP contribution in [0.5, 0.6) is 28.7 Å². The lowest BCUT2D eigenvalue weighted by Gasteiger charge is -2.23. The number of benzene rings is 7. The first-order chi connectivity index (χ1) is 44.0. The Morgan fingerprint density at radius 3 is 1.40 bits per heavy atom. The maximum atomic E-state index is 14.5. The largest absolute Gasteiger partial charge is 0.497 e. The van der Waals surface area contributed by atoms with E-state index in [9.17, 15) is 57.2 Å². The summed E-state index contributed by atoms with van der Waals surface area (Å²) in [6.45, 7) is 0.664. The van der Waals surface area contributed by atoms with E-state index >= 15 is 0 Å². The Labute approximate surface area is 535 Å². The first-order valence-electron chi connectivity index (χ1n) is 26.4. The van der Waals surface area contributed by atoms with Gasteiger partial charge >= 0.3 is 10.1 Å². The van der Waals surface area contributed by atoms with E-state index < -0.39 is 82.6 Å². The first-order valence-corrected chi connectivity index (χ1v) is 30.8. The number of hydrogen-bond donors (Lipinski definition) is 1. The highest BCUT2D eigenvalue weighted by Gasteiger charge is 2.32. The molecule has 11 rings (SSSR count). The summed E-state index contributed by atoms with van der Waals surface area (Å²) in [4.78, 5) is 41.3. The van der Waals surface area contributed by atoms with Crippen molar-refractivity contribution >= 4 is 85.7 Å². The number of nitrogens with one attached hydrogen (secondary N) is 1. The Hall–Kier alpha value is -9.91. The molecule has 7 aromatic carbocycles. The molecule has 0 saturated heterocycles. The number of nitrogens with zero attached hydrogens (tertiary/aromatic N) is 7. The zero-order chi connectivity index (χ0) is 66.2. The van der Waals surface area contributed by atoms with Crippen LogP contribution in [0.1, 0.15) is 11.1 Å². The average Bonchev–Trinajstić information content (AvgIpc) is 0.793. The second-order valence-corrected chi connectivity index (χ2v) is 24.1. The highest BCUT2D eigenvalue weighted by Crippen LogP contribution is 2.36. The van der Waals surface area contributed by atoms with Crippen molar-refractivity contribution in [1.29, 1.82) is 0 Å². The number of halogens is 9. The molecule has 92 heavy (non-hydrogen) atoms. The third-order valence-electron chi connectivity index (χ3n) is 13.3. The zero-order valence-electron chi connectivity index (χ0n) is 47.9. The van der Waals surface area contributed by atoms with Crippen LogP contribution >= 0.6 is 31.9 Å². The Bertz CT molecular complexity index is 4890. The molecule has 4 aromatic heterocycles. The maximum Gasteiger partial charge on any atom is 0.339 e. The lowest BCUT2D eigenvalue weighted by atomic mass is 10.2. The average molecular weight is 1440 g/mol. The molecule has 0 amide bonds. The van der Waals surface area contributed by atoms with E-state index in [1.54, 1.807) is 63.0 Å². The Morgan fingerprint density at radius 2 is 0.935 bits per heavy atom. The van der Waals surface area contributed by atoms with Gasteiger partial charge in [0.1, 0.15) is 39.5 Å². The predicted molar refractivity (Wildman–Crippen MR) is 332 cm³/mol. The molecule has 0 atom stereocenters. The summed E-state index contributed by atoms with van der Waals surface area (Å²) in [6.07, 6.45) is 6.35. The summed E-state index contributed by atoms with van der Waals surface area (Å²) in [7, 11) is -3.40. The number of methoxy groups -OCH3 is 4. The van der Waals surface area contributed by atoms with E-state index in [-0.39, 0.29) is 60.1 Å². The Morgan fingerprint density at radius 1 is 0.500 bits per heavy atom. The maximum absolute atomic E-state index is 14.5. The van der Waals surface area contributed by atoms with Crippen LogP contribution in [0, 0.1) is 40.7 Å². The van der Waals surface area contributed by atoms with E-state index in [0.717, 1.165) is 50.5 Å². The molecule has 0 unspecified atom stereocenters. The van der Waals surface area contributed by atoms with Gasteiger partial charge in [0.05, 0.1) is 71.2 Å². The number of fused-ring (bicyclic) bond motifs is 2. The van der Waals surface area contributed by atoms with E-state index in [4.69, 9.17) is 18.9 Å². The molecule has 0 aliphatic carbocycles. The molecular formula is C62H45Br2F7N8O11S2. The molecule has 0 fully saturated rings. The van der Waals surface area contributed by atoms with Crippen LogP contribution in [-0.4, -0.2) is 74.3 Å². The third kappa shape index (κ3) is 14.5. The van der Waals surface area contributed by atoms with Gasteiger partial charge < -0.3 is 28.4 Å². The molecule has 0 radical (unpaired) electrons. The molecule has 11 aromatic rings. The van der Waals surface area contributed by atoms with Gasteiger partial charge in [0.25, 0.3) is 21.1 Å². The van der Waals surface area contributed by atoms with Crippen molar-refractivity contribution in [3.05, 3.63) is 252 Å².